The van der Waals surface area contributed by atoms with Crippen LogP contribution in [-0.2, 0) is 10.8 Å². The fourth-order valence-electron chi connectivity index (χ4n) is 11.2. The minimum Gasteiger partial charge on any atom is -0.354 e. The summed E-state index contributed by atoms with van der Waals surface area (Å²) in [6, 6.07) is 74.7. The van der Waals surface area contributed by atoms with E-state index < -0.39 is 5.41 Å². The van der Waals surface area contributed by atoms with Crippen molar-refractivity contribution in [2.75, 3.05) is 0 Å². The molecule has 0 fully saturated rings. The number of imidazole rings is 1. The number of fused-ring (bicyclic) bond motifs is 7. The third-order valence-corrected chi connectivity index (χ3v) is 14.6. The van der Waals surface area contributed by atoms with E-state index in [1.54, 1.807) is 0 Å². The normalized spacial score (nSPS) is 14.3. The molecule has 1 N–H and O–H groups in total. The molecule has 0 saturated carbocycles. The zero-order chi connectivity index (χ0) is 47.1. The van der Waals surface area contributed by atoms with E-state index in [1.807, 2.05) is 18.5 Å². The highest BCUT2D eigenvalue weighted by atomic mass is 15.1. The number of pyridine rings is 2. The van der Waals surface area contributed by atoms with Crippen LogP contribution in [0.15, 0.2) is 219 Å². The minimum absolute atomic E-state index is 0.00691. The zero-order valence-corrected chi connectivity index (χ0v) is 39.6. The number of nitrogens with one attached hydrogen (secondary N) is 1. The highest BCUT2D eigenvalue weighted by Gasteiger charge is 2.47. The molecule has 13 rings (SSSR count). The molecular weight excluding hydrogens is 851 g/mol. The van der Waals surface area contributed by atoms with Crippen molar-refractivity contribution >= 4 is 32.8 Å². The molecule has 1 aliphatic carbocycles. The Bertz CT molecular complexity index is 3970. The fraction of sp³-hybridized carbons (Fsp3) is 0.0923. The smallest absolute Gasteiger partial charge is 0.147 e. The Morgan fingerprint density at radius 1 is 0.500 bits per heavy atom. The summed E-state index contributed by atoms with van der Waals surface area (Å²) >= 11 is 0. The van der Waals surface area contributed by atoms with Crippen LogP contribution in [0.5, 0.6) is 0 Å². The lowest BCUT2D eigenvalue weighted by atomic mass is 9.69. The van der Waals surface area contributed by atoms with Crippen LogP contribution in [0.2, 0.25) is 0 Å². The highest BCUT2D eigenvalue weighted by Crippen LogP contribution is 2.56. The first-order valence-corrected chi connectivity index (χ1v) is 24.2. The van der Waals surface area contributed by atoms with E-state index in [0.29, 0.717) is 0 Å². The van der Waals surface area contributed by atoms with E-state index in [1.165, 1.54) is 49.9 Å². The van der Waals surface area contributed by atoms with Gasteiger partial charge in [0.1, 0.15) is 5.82 Å². The van der Waals surface area contributed by atoms with Crippen LogP contribution in [0.3, 0.4) is 0 Å². The van der Waals surface area contributed by atoms with Crippen molar-refractivity contribution < 1.29 is 0 Å². The number of benzene rings is 8. The maximum atomic E-state index is 5.80. The second kappa shape index (κ2) is 16.0. The van der Waals surface area contributed by atoms with Gasteiger partial charge < -0.3 is 4.98 Å². The van der Waals surface area contributed by atoms with E-state index >= 15 is 0 Å². The van der Waals surface area contributed by atoms with Crippen molar-refractivity contribution in [2.45, 2.75) is 38.5 Å². The summed E-state index contributed by atoms with van der Waals surface area (Å²) < 4.78 is 2.35. The predicted molar refractivity (Wildman–Crippen MR) is 289 cm³/mol. The van der Waals surface area contributed by atoms with Crippen LogP contribution in [0.1, 0.15) is 54.3 Å². The van der Waals surface area contributed by atoms with E-state index in [-0.39, 0.29) is 5.41 Å². The number of aromatic nitrogens is 5. The van der Waals surface area contributed by atoms with Gasteiger partial charge in [-0.05, 0) is 135 Å². The number of H-pyrrole nitrogens is 1. The Morgan fingerprint density at radius 3 is 1.99 bits per heavy atom. The maximum Gasteiger partial charge on any atom is 0.147 e. The van der Waals surface area contributed by atoms with Gasteiger partial charge in [0.15, 0.2) is 0 Å². The third kappa shape index (κ3) is 6.49. The van der Waals surface area contributed by atoms with E-state index in [4.69, 9.17) is 15.0 Å². The summed E-state index contributed by atoms with van der Waals surface area (Å²) in [6.45, 7) is 8.97. The van der Waals surface area contributed by atoms with Crippen LogP contribution in [-0.4, -0.2) is 24.5 Å². The molecule has 70 heavy (non-hydrogen) atoms. The van der Waals surface area contributed by atoms with Gasteiger partial charge in [0.2, 0.25) is 0 Å². The van der Waals surface area contributed by atoms with Crippen LogP contribution in [0, 0.1) is 6.92 Å². The molecule has 0 spiro atoms. The standard InChI is InChI=1S/C65H49N5/c1-41-25-31-50-49-20-11-12-22-55(49)65(56(50)36-41,60-24-13-14-34-67-60)47-33-35-66-58(40-47)51-21-15-23-59-62(51)69-63(70(59)48-29-27-46(28-30-48)64(2,3)4)54-39-45(43-18-9-6-10-19-43)38-53-52-37-44(42-16-7-5-8-17-42)26-32-57(52)68-61(53)54/h5-40,68H,1-4H3. The first-order valence-electron chi connectivity index (χ1n) is 24.2. The average molecular weight is 900 g/mol. The SMILES string of the molecule is Cc1ccc2c(c1)C(c1ccnc(-c3cccc4c3nc(-c3cc(-c5ccccc5)cc5c3[nH]c3ccc(-c6ccccc6)cc35)n4-c3ccc(C(C)(C)C)cc3)c1)(c1ccccn1)c1ccccc1-2. The van der Waals surface area contributed by atoms with Gasteiger partial charge in [-0.3, -0.25) is 14.5 Å². The second-order valence-corrected chi connectivity index (χ2v) is 19.8. The summed E-state index contributed by atoms with van der Waals surface area (Å²) in [5, 5.41) is 2.31. The van der Waals surface area contributed by atoms with Crippen molar-refractivity contribution in [3.05, 3.63) is 252 Å². The molecule has 0 radical (unpaired) electrons. The molecule has 0 bridgehead atoms. The highest BCUT2D eigenvalue weighted by molar-refractivity contribution is 6.14. The Hall–Kier alpha value is -8.67. The van der Waals surface area contributed by atoms with Crippen LogP contribution >= 0.6 is 0 Å². The average Bonchev–Trinajstić information content (AvgIpc) is 4.07. The van der Waals surface area contributed by atoms with Gasteiger partial charge in [0.25, 0.3) is 0 Å². The van der Waals surface area contributed by atoms with Crippen molar-refractivity contribution in [2.24, 2.45) is 0 Å². The molecule has 334 valence electrons. The number of hydrogen-bond acceptors (Lipinski definition) is 3. The molecule has 8 aromatic carbocycles. The number of aryl methyl sites for hydroxylation is 1. The van der Waals surface area contributed by atoms with Gasteiger partial charge in [-0.1, -0.05) is 166 Å². The Kier molecular flexibility index (Phi) is 9.47. The van der Waals surface area contributed by atoms with Crippen LogP contribution in [0.25, 0.3) is 94.6 Å². The Labute approximate surface area is 407 Å². The Morgan fingerprint density at radius 2 is 1.21 bits per heavy atom. The van der Waals surface area contributed by atoms with Crippen molar-refractivity contribution in [3.8, 4) is 61.7 Å². The summed E-state index contributed by atoms with van der Waals surface area (Å²) in [5.74, 6) is 0.846. The number of nitrogens with zero attached hydrogens (tertiary/aromatic N) is 4. The van der Waals surface area contributed by atoms with E-state index in [0.717, 1.165) is 78.2 Å². The third-order valence-electron chi connectivity index (χ3n) is 14.6. The number of hydrogen-bond donors (Lipinski definition) is 1. The number of aromatic amines is 1. The summed E-state index contributed by atoms with van der Waals surface area (Å²) in [6.07, 6.45) is 3.88. The van der Waals surface area contributed by atoms with Crippen molar-refractivity contribution in [3.63, 3.8) is 0 Å². The fourth-order valence-corrected chi connectivity index (χ4v) is 11.2. The van der Waals surface area contributed by atoms with Crippen molar-refractivity contribution in [1.29, 1.82) is 0 Å². The Balaban J connectivity index is 1.08. The lowest BCUT2D eigenvalue weighted by molar-refractivity contribution is 0.590. The topological polar surface area (TPSA) is 59.4 Å². The monoisotopic (exact) mass is 899 g/mol. The molecule has 12 aromatic rings. The zero-order valence-electron chi connectivity index (χ0n) is 39.6. The predicted octanol–water partition coefficient (Wildman–Crippen LogP) is 16.1. The minimum atomic E-state index is -0.677. The lowest BCUT2D eigenvalue weighted by Gasteiger charge is -2.33. The molecule has 0 amide bonds. The second-order valence-electron chi connectivity index (χ2n) is 19.8. The lowest BCUT2D eigenvalue weighted by Crippen LogP contribution is -2.30. The first kappa shape index (κ1) is 41.5. The molecule has 0 aliphatic heterocycles. The molecule has 4 heterocycles. The molecule has 1 aliphatic rings. The molecule has 4 aromatic heterocycles. The first-order chi connectivity index (χ1) is 34.2. The molecule has 1 atom stereocenters. The van der Waals surface area contributed by atoms with Gasteiger partial charge in [-0.2, -0.15) is 0 Å². The molecular formula is C65H49N5. The molecule has 5 heteroatoms. The largest absolute Gasteiger partial charge is 0.354 e. The van der Waals surface area contributed by atoms with E-state index in [2.05, 4.69) is 237 Å². The van der Waals surface area contributed by atoms with E-state index in [9.17, 15) is 0 Å². The van der Waals surface area contributed by atoms with Gasteiger partial charge in [0, 0.05) is 45.5 Å². The summed E-state index contributed by atoms with van der Waals surface area (Å²) in [5.41, 5.74) is 21.2. The van der Waals surface area contributed by atoms with Crippen LogP contribution in [0.4, 0.5) is 0 Å². The number of rotatable bonds is 7. The number of para-hydroxylation sites is 1. The maximum absolute atomic E-state index is 5.80. The summed E-state index contributed by atoms with van der Waals surface area (Å²) in [4.78, 5) is 20.1. The van der Waals surface area contributed by atoms with Gasteiger partial charge in [-0.25, -0.2) is 4.98 Å². The van der Waals surface area contributed by atoms with Gasteiger partial charge >= 0.3 is 0 Å². The molecule has 5 nitrogen and oxygen atoms in total. The van der Waals surface area contributed by atoms with Crippen molar-refractivity contribution in [1.82, 2.24) is 24.5 Å². The quantitative estimate of drug-likeness (QED) is 0.173. The molecule has 0 saturated heterocycles. The molecule has 1 unspecified atom stereocenters. The van der Waals surface area contributed by atoms with Gasteiger partial charge in [0.05, 0.1) is 33.4 Å². The van der Waals surface area contributed by atoms with Crippen LogP contribution < -0.4 is 0 Å². The van der Waals surface area contributed by atoms with Gasteiger partial charge in [-0.15, -0.1) is 0 Å². The summed E-state index contributed by atoms with van der Waals surface area (Å²) in [7, 11) is 0.